The lowest BCUT2D eigenvalue weighted by Gasteiger charge is -2.07. The van der Waals surface area contributed by atoms with E-state index < -0.39 is 0 Å². The van der Waals surface area contributed by atoms with Gasteiger partial charge in [-0.05, 0) is 54.4 Å². The third-order valence-corrected chi connectivity index (χ3v) is 4.64. The van der Waals surface area contributed by atoms with Gasteiger partial charge < -0.3 is 4.57 Å². The van der Waals surface area contributed by atoms with Crippen molar-refractivity contribution in [2.24, 2.45) is 0 Å². The van der Waals surface area contributed by atoms with Gasteiger partial charge in [0.15, 0.2) is 5.78 Å². The first-order chi connectivity index (χ1) is 9.79. The zero-order valence-electron chi connectivity index (χ0n) is 11.7. The summed E-state index contributed by atoms with van der Waals surface area (Å²) >= 11 is 0. The number of hydrogen-bond donors (Lipinski definition) is 0. The fourth-order valence-corrected chi connectivity index (χ4v) is 3.61. The number of aromatic nitrogens is 1. The molecule has 1 aromatic heterocycles. The summed E-state index contributed by atoms with van der Waals surface area (Å²) in [6.45, 7) is 0.882. The quantitative estimate of drug-likeness (QED) is 0.814. The van der Waals surface area contributed by atoms with Crippen LogP contribution in [0.5, 0.6) is 0 Å². The number of nitrogens with zero attached hydrogens (tertiary/aromatic N) is 1. The highest BCUT2D eigenvalue weighted by Gasteiger charge is 2.19. The molecule has 4 rings (SSSR count). The van der Waals surface area contributed by atoms with Gasteiger partial charge in [0.1, 0.15) is 0 Å². The van der Waals surface area contributed by atoms with Gasteiger partial charge in [-0.3, -0.25) is 4.79 Å². The van der Waals surface area contributed by atoms with Gasteiger partial charge in [-0.2, -0.15) is 0 Å². The van der Waals surface area contributed by atoms with Crippen LogP contribution in [0.2, 0.25) is 0 Å². The van der Waals surface area contributed by atoms with Crippen molar-refractivity contribution in [1.82, 2.24) is 4.57 Å². The second-order valence-electron chi connectivity index (χ2n) is 6.10. The summed E-state index contributed by atoms with van der Waals surface area (Å²) in [6, 6.07) is 6.88. The highest BCUT2D eigenvalue weighted by Crippen LogP contribution is 2.25. The molecule has 1 heterocycles. The molecule has 0 unspecified atom stereocenters. The second-order valence-corrected chi connectivity index (χ2v) is 6.10. The van der Waals surface area contributed by atoms with E-state index >= 15 is 0 Å². The van der Waals surface area contributed by atoms with Crippen LogP contribution in [-0.4, -0.2) is 10.4 Å². The van der Waals surface area contributed by atoms with E-state index in [0.29, 0.717) is 5.78 Å². The van der Waals surface area contributed by atoms with Crippen molar-refractivity contribution in [3.63, 3.8) is 0 Å². The van der Waals surface area contributed by atoms with Crippen LogP contribution < -0.4 is 0 Å². The standard InChI is InChI=1S/C18H19NO/c20-18-6-2-5-16-11-19(12-17(16)18)10-13-7-8-14-3-1-4-15(14)9-13/h7-9,11-12H,1-6,10H2. The van der Waals surface area contributed by atoms with Gasteiger partial charge in [-0.1, -0.05) is 18.2 Å². The molecular weight excluding hydrogens is 246 g/mol. The number of fused-ring (bicyclic) bond motifs is 2. The molecular formula is C18H19NO. The summed E-state index contributed by atoms with van der Waals surface area (Å²) in [7, 11) is 0. The van der Waals surface area contributed by atoms with Gasteiger partial charge >= 0.3 is 0 Å². The maximum absolute atomic E-state index is 11.9. The van der Waals surface area contributed by atoms with Crippen molar-refractivity contribution < 1.29 is 4.79 Å². The predicted molar refractivity (Wildman–Crippen MR) is 79.3 cm³/mol. The van der Waals surface area contributed by atoms with Crippen molar-refractivity contribution in [3.8, 4) is 0 Å². The Morgan fingerprint density at radius 3 is 2.60 bits per heavy atom. The Bertz CT molecular complexity index is 681. The molecule has 20 heavy (non-hydrogen) atoms. The van der Waals surface area contributed by atoms with Crippen LogP contribution in [0.3, 0.4) is 0 Å². The first-order valence-electron chi connectivity index (χ1n) is 7.62. The molecule has 0 N–H and O–H groups in total. The summed E-state index contributed by atoms with van der Waals surface area (Å²) in [5, 5.41) is 0. The molecule has 2 aromatic rings. The van der Waals surface area contributed by atoms with E-state index in [0.717, 1.165) is 31.4 Å². The topological polar surface area (TPSA) is 22.0 Å². The van der Waals surface area contributed by atoms with E-state index in [-0.39, 0.29) is 0 Å². The highest BCUT2D eigenvalue weighted by molar-refractivity contribution is 5.98. The number of ketones is 1. The van der Waals surface area contributed by atoms with E-state index in [1.54, 1.807) is 0 Å². The van der Waals surface area contributed by atoms with Gasteiger partial charge in [0.25, 0.3) is 0 Å². The largest absolute Gasteiger partial charge is 0.349 e. The van der Waals surface area contributed by atoms with Crippen LogP contribution in [0.25, 0.3) is 0 Å². The first kappa shape index (κ1) is 12.0. The summed E-state index contributed by atoms with van der Waals surface area (Å²) in [4.78, 5) is 11.9. The smallest absolute Gasteiger partial charge is 0.164 e. The molecule has 1 aromatic carbocycles. The lowest BCUT2D eigenvalue weighted by Crippen LogP contribution is -2.07. The number of carbonyl (C=O) groups excluding carboxylic acids is 1. The fraction of sp³-hybridized carbons (Fsp3) is 0.389. The Balaban J connectivity index is 1.61. The van der Waals surface area contributed by atoms with E-state index in [4.69, 9.17) is 0 Å². The van der Waals surface area contributed by atoms with Crippen LogP contribution in [0.15, 0.2) is 30.6 Å². The van der Waals surface area contributed by atoms with Gasteiger partial charge in [0.2, 0.25) is 0 Å². The fourth-order valence-electron chi connectivity index (χ4n) is 3.61. The molecule has 2 aliphatic carbocycles. The first-order valence-corrected chi connectivity index (χ1v) is 7.62. The van der Waals surface area contributed by atoms with Crippen molar-refractivity contribution >= 4 is 5.78 Å². The third kappa shape index (κ3) is 2.00. The SMILES string of the molecule is O=C1CCCc2cn(Cc3ccc4c(c3)CCC4)cc21. The highest BCUT2D eigenvalue weighted by atomic mass is 16.1. The van der Waals surface area contributed by atoms with Gasteiger partial charge in [0.05, 0.1) is 0 Å². The molecule has 0 saturated heterocycles. The number of Topliss-reactive ketones (excluding diaryl/α,β-unsaturated/α-hetero) is 1. The summed E-state index contributed by atoms with van der Waals surface area (Å²) in [6.07, 6.45) is 10.8. The Morgan fingerprint density at radius 2 is 1.70 bits per heavy atom. The van der Waals surface area contributed by atoms with Crippen molar-refractivity contribution in [1.29, 1.82) is 0 Å². The normalized spacial score (nSPS) is 17.1. The summed E-state index contributed by atoms with van der Waals surface area (Å²) < 4.78 is 2.19. The average molecular weight is 265 g/mol. The van der Waals surface area contributed by atoms with Gasteiger partial charge in [-0.25, -0.2) is 0 Å². The minimum atomic E-state index is 0.318. The maximum atomic E-state index is 11.9. The van der Waals surface area contributed by atoms with E-state index in [1.165, 1.54) is 41.5 Å². The Labute approximate surface area is 119 Å². The zero-order valence-corrected chi connectivity index (χ0v) is 11.7. The number of hydrogen-bond acceptors (Lipinski definition) is 1. The molecule has 0 spiro atoms. The molecule has 102 valence electrons. The molecule has 0 aliphatic heterocycles. The summed E-state index contributed by atoms with van der Waals surface area (Å²) in [5.41, 5.74) is 6.59. The summed E-state index contributed by atoms with van der Waals surface area (Å²) in [5.74, 6) is 0.318. The molecule has 0 bridgehead atoms. The molecule has 2 nitrogen and oxygen atoms in total. The second kappa shape index (κ2) is 4.62. The average Bonchev–Trinajstić information content (AvgIpc) is 3.05. The molecule has 2 heteroatoms. The monoisotopic (exact) mass is 265 g/mol. The van der Waals surface area contributed by atoms with Crippen molar-refractivity contribution in [2.75, 3.05) is 0 Å². The van der Waals surface area contributed by atoms with E-state index in [1.807, 2.05) is 6.20 Å². The predicted octanol–water partition coefficient (Wildman–Crippen LogP) is 3.54. The maximum Gasteiger partial charge on any atom is 0.164 e. The van der Waals surface area contributed by atoms with E-state index in [2.05, 4.69) is 29.0 Å². The Hall–Kier alpha value is -1.83. The Kier molecular flexibility index (Phi) is 2.76. The molecule has 2 aliphatic rings. The van der Waals surface area contributed by atoms with Crippen LogP contribution in [0.1, 0.15) is 51.9 Å². The van der Waals surface area contributed by atoms with Crippen LogP contribution in [-0.2, 0) is 25.8 Å². The van der Waals surface area contributed by atoms with Crippen LogP contribution in [0.4, 0.5) is 0 Å². The third-order valence-electron chi connectivity index (χ3n) is 4.64. The number of aryl methyl sites for hydroxylation is 3. The van der Waals surface area contributed by atoms with Crippen molar-refractivity contribution in [3.05, 3.63) is 58.4 Å². The molecule has 0 atom stereocenters. The lowest BCUT2D eigenvalue weighted by molar-refractivity contribution is 0.0973. The molecule has 0 amide bonds. The van der Waals surface area contributed by atoms with E-state index in [9.17, 15) is 4.79 Å². The minimum absolute atomic E-state index is 0.318. The minimum Gasteiger partial charge on any atom is -0.349 e. The van der Waals surface area contributed by atoms with Gasteiger partial charge in [-0.15, -0.1) is 0 Å². The van der Waals surface area contributed by atoms with Crippen LogP contribution >= 0.6 is 0 Å². The number of rotatable bonds is 2. The number of benzene rings is 1. The van der Waals surface area contributed by atoms with Crippen molar-refractivity contribution in [2.45, 2.75) is 45.1 Å². The van der Waals surface area contributed by atoms with Gasteiger partial charge in [0, 0.05) is 30.9 Å². The lowest BCUT2D eigenvalue weighted by atomic mass is 9.95. The molecule has 0 fully saturated rings. The molecule has 0 radical (unpaired) electrons. The zero-order chi connectivity index (χ0) is 13.5. The molecule has 0 saturated carbocycles. The Morgan fingerprint density at radius 1 is 0.900 bits per heavy atom. The van der Waals surface area contributed by atoms with Crippen LogP contribution in [0, 0.1) is 0 Å². The number of carbonyl (C=O) groups is 1.